The zero-order chi connectivity index (χ0) is 21.2. The Balaban J connectivity index is 1.97. The number of carbonyl (C=O) groups excluding carboxylic acids is 2. The molecule has 6 nitrogen and oxygen atoms in total. The van der Waals surface area contributed by atoms with Crippen LogP contribution >= 0.6 is 0 Å². The summed E-state index contributed by atoms with van der Waals surface area (Å²) in [5, 5.41) is 0. The second-order valence-electron chi connectivity index (χ2n) is 6.48. The third-order valence-electron chi connectivity index (χ3n) is 4.06. The maximum atomic E-state index is 12.5. The molecular formula is C23H27NO5. The van der Waals surface area contributed by atoms with Crippen molar-refractivity contribution in [1.29, 1.82) is 0 Å². The van der Waals surface area contributed by atoms with E-state index in [1.807, 2.05) is 51.1 Å². The monoisotopic (exact) mass is 397 g/mol. The summed E-state index contributed by atoms with van der Waals surface area (Å²) in [5.41, 5.74) is 1.52. The fraction of sp³-hybridized carbons (Fsp3) is 0.304. The molecule has 0 aliphatic rings. The van der Waals surface area contributed by atoms with Crippen LogP contribution < -0.4 is 14.4 Å². The number of carbonyl (C=O) groups is 2. The lowest BCUT2D eigenvalue weighted by atomic mass is 10.2. The number of esters is 1. The van der Waals surface area contributed by atoms with Crippen molar-refractivity contribution in [2.24, 2.45) is 0 Å². The predicted octanol–water partition coefficient (Wildman–Crippen LogP) is 4.09. The van der Waals surface area contributed by atoms with Gasteiger partial charge in [0.2, 0.25) is 0 Å². The van der Waals surface area contributed by atoms with E-state index in [0.29, 0.717) is 18.1 Å². The van der Waals surface area contributed by atoms with Crippen LogP contribution in [-0.2, 0) is 14.3 Å². The molecule has 154 valence electrons. The Hall–Kier alpha value is -3.28. The number of hydrogen-bond acceptors (Lipinski definition) is 5. The molecule has 0 unspecified atom stereocenters. The Bertz CT molecular complexity index is 846. The lowest BCUT2D eigenvalue weighted by molar-refractivity contribution is -0.143. The van der Waals surface area contributed by atoms with E-state index in [4.69, 9.17) is 14.2 Å². The van der Waals surface area contributed by atoms with E-state index in [1.165, 1.54) is 6.08 Å². The van der Waals surface area contributed by atoms with Gasteiger partial charge in [0.1, 0.15) is 0 Å². The lowest BCUT2D eigenvalue weighted by Crippen LogP contribution is -2.39. The molecule has 0 saturated heterocycles. The summed E-state index contributed by atoms with van der Waals surface area (Å²) in [6.07, 6.45) is 2.88. The number of benzene rings is 2. The molecule has 0 bridgehead atoms. The van der Waals surface area contributed by atoms with Crippen LogP contribution in [0.1, 0.15) is 26.3 Å². The third-order valence-corrected chi connectivity index (χ3v) is 4.06. The van der Waals surface area contributed by atoms with E-state index in [0.717, 1.165) is 11.3 Å². The Labute approximate surface area is 171 Å². The summed E-state index contributed by atoms with van der Waals surface area (Å²) < 4.78 is 15.9. The molecule has 0 aromatic heterocycles. The van der Waals surface area contributed by atoms with Crippen molar-refractivity contribution in [1.82, 2.24) is 0 Å². The zero-order valence-electron chi connectivity index (χ0n) is 17.3. The van der Waals surface area contributed by atoms with Gasteiger partial charge in [-0.15, -0.1) is 0 Å². The van der Waals surface area contributed by atoms with E-state index >= 15 is 0 Å². The Morgan fingerprint density at radius 3 is 2.41 bits per heavy atom. The summed E-state index contributed by atoms with van der Waals surface area (Å²) in [7, 11) is 1.55. The van der Waals surface area contributed by atoms with Gasteiger partial charge in [0.25, 0.3) is 5.91 Å². The molecule has 0 fully saturated rings. The normalized spacial score (nSPS) is 10.8. The Morgan fingerprint density at radius 2 is 1.79 bits per heavy atom. The smallest absolute Gasteiger partial charge is 0.331 e. The average Bonchev–Trinajstić information content (AvgIpc) is 2.72. The lowest BCUT2D eigenvalue weighted by Gasteiger charge is -2.26. The first kappa shape index (κ1) is 22.0. The fourth-order valence-electron chi connectivity index (χ4n) is 2.80. The molecule has 2 aromatic carbocycles. The summed E-state index contributed by atoms with van der Waals surface area (Å²) in [6, 6.07) is 14.6. The van der Waals surface area contributed by atoms with E-state index < -0.39 is 5.97 Å². The van der Waals surface area contributed by atoms with Crippen LogP contribution in [0.4, 0.5) is 5.69 Å². The Morgan fingerprint density at radius 1 is 1.07 bits per heavy atom. The SMILES string of the molecule is CCOc1ccc(/C=C/C(=O)OCC(=O)N(c2ccccc2)C(C)C)cc1OC. The largest absolute Gasteiger partial charge is 0.493 e. The Kier molecular flexibility index (Phi) is 8.27. The van der Waals surface area contributed by atoms with Crippen molar-refractivity contribution in [3.8, 4) is 11.5 Å². The average molecular weight is 397 g/mol. The molecule has 0 spiro atoms. The second kappa shape index (κ2) is 10.9. The topological polar surface area (TPSA) is 65.1 Å². The molecule has 2 rings (SSSR count). The van der Waals surface area contributed by atoms with Gasteiger partial charge in [0.15, 0.2) is 18.1 Å². The number of anilines is 1. The molecule has 0 heterocycles. The molecule has 2 aromatic rings. The number of nitrogens with zero attached hydrogens (tertiary/aromatic N) is 1. The van der Waals surface area contributed by atoms with E-state index in [2.05, 4.69) is 0 Å². The molecule has 0 aliphatic heterocycles. The summed E-state index contributed by atoms with van der Waals surface area (Å²) in [5.74, 6) is 0.335. The highest BCUT2D eigenvalue weighted by molar-refractivity contribution is 5.96. The molecule has 0 aliphatic carbocycles. The molecule has 0 atom stereocenters. The van der Waals surface area contributed by atoms with Gasteiger partial charge in [0.05, 0.1) is 13.7 Å². The van der Waals surface area contributed by atoms with Gasteiger partial charge in [0, 0.05) is 17.8 Å². The number of ether oxygens (including phenoxy) is 3. The van der Waals surface area contributed by atoms with E-state index in [1.54, 1.807) is 36.3 Å². The third kappa shape index (κ3) is 6.38. The van der Waals surface area contributed by atoms with Crippen LogP contribution in [0.5, 0.6) is 11.5 Å². The van der Waals surface area contributed by atoms with Gasteiger partial charge < -0.3 is 19.1 Å². The first-order valence-corrected chi connectivity index (χ1v) is 9.49. The van der Waals surface area contributed by atoms with Crippen molar-refractivity contribution in [2.45, 2.75) is 26.8 Å². The fourth-order valence-corrected chi connectivity index (χ4v) is 2.80. The van der Waals surface area contributed by atoms with E-state index in [-0.39, 0.29) is 18.6 Å². The first-order chi connectivity index (χ1) is 14.0. The van der Waals surface area contributed by atoms with Gasteiger partial charge >= 0.3 is 5.97 Å². The highest BCUT2D eigenvalue weighted by Gasteiger charge is 2.19. The molecule has 29 heavy (non-hydrogen) atoms. The highest BCUT2D eigenvalue weighted by Crippen LogP contribution is 2.28. The van der Waals surface area contributed by atoms with Crippen molar-refractivity contribution in [3.05, 3.63) is 60.2 Å². The van der Waals surface area contributed by atoms with Gasteiger partial charge in [-0.3, -0.25) is 4.79 Å². The van der Waals surface area contributed by atoms with Crippen molar-refractivity contribution < 1.29 is 23.8 Å². The van der Waals surface area contributed by atoms with E-state index in [9.17, 15) is 9.59 Å². The van der Waals surface area contributed by atoms with Crippen molar-refractivity contribution in [2.75, 3.05) is 25.2 Å². The minimum Gasteiger partial charge on any atom is -0.493 e. The molecular weight excluding hydrogens is 370 g/mol. The second-order valence-corrected chi connectivity index (χ2v) is 6.48. The van der Waals surface area contributed by atoms with Crippen LogP contribution in [-0.4, -0.2) is 38.2 Å². The quantitative estimate of drug-likeness (QED) is 0.471. The molecule has 0 saturated carbocycles. The molecule has 0 radical (unpaired) electrons. The summed E-state index contributed by atoms with van der Waals surface area (Å²) in [6.45, 7) is 5.91. The van der Waals surface area contributed by atoms with Crippen LogP contribution in [0.25, 0.3) is 6.08 Å². The van der Waals surface area contributed by atoms with Gasteiger partial charge in [-0.1, -0.05) is 24.3 Å². The van der Waals surface area contributed by atoms with Crippen LogP contribution in [0.3, 0.4) is 0 Å². The minimum absolute atomic E-state index is 0.0598. The predicted molar refractivity (Wildman–Crippen MR) is 113 cm³/mol. The number of rotatable bonds is 9. The zero-order valence-corrected chi connectivity index (χ0v) is 17.3. The van der Waals surface area contributed by atoms with Crippen LogP contribution in [0.2, 0.25) is 0 Å². The standard InChI is InChI=1S/C23H27NO5/c1-5-28-20-13-11-18(15-21(20)27-4)12-14-23(26)29-16-22(25)24(17(2)3)19-9-7-6-8-10-19/h6-15,17H,5,16H2,1-4H3/b14-12+. The number of hydrogen-bond donors (Lipinski definition) is 0. The van der Waals surface area contributed by atoms with Crippen LogP contribution in [0, 0.1) is 0 Å². The number of methoxy groups -OCH3 is 1. The first-order valence-electron chi connectivity index (χ1n) is 9.49. The molecule has 6 heteroatoms. The molecule has 1 amide bonds. The maximum Gasteiger partial charge on any atom is 0.331 e. The molecule has 0 N–H and O–H groups in total. The van der Waals surface area contributed by atoms with Crippen molar-refractivity contribution in [3.63, 3.8) is 0 Å². The number of para-hydroxylation sites is 1. The summed E-state index contributed by atoms with van der Waals surface area (Å²) in [4.78, 5) is 26.2. The van der Waals surface area contributed by atoms with Gasteiger partial charge in [-0.25, -0.2) is 4.79 Å². The van der Waals surface area contributed by atoms with Gasteiger partial charge in [-0.2, -0.15) is 0 Å². The summed E-state index contributed by atoms with van der Waals surface area (Å²) >= 11 is 0. The van der Waals surface area contributed by atoms with Crippen LogP contribution in [0.15, 0.2) is 54.6 Å². The highest BCUT2D eigenvalue weighted by atomic mass is 16.5. The van der Waals surface area contributed by atoms with Gasteiger partial charge in [-0.05, 0) is 56.7 Å². The minimum atomic E-state index is -0.594. The number of amides is 1. The maximum absolute atomic E-state index is 12.5. The van der Waals surface area contributed by atoms with Crippen molar-refractivity contribution >= 4 is 23.6 Å².